The molecule has 0 saturated heterocycles. The summed E-state index contributed by atoms with van der Waals surface area (Å²) < 4.78 is 0.942. The lowest BCUT2D eigenvalue weighted by molar-refractivity contribution is -0.114. The summed E-state index contributed by atoms with van der Waals surface area (Å²) in [5, 5.41) is 13.5. The molecule has 0 fully saturated rings. The third-order valence-electron chi connectivity index (χ3n) is 2.11. The highest BCUT2D eigenvalue weighted by Gasteiger charge is 2.02. The molecule has 0 radical (unpaired) electrons. The van der Waals surface area contributed by atoms with Gasteiger partial charge in [0.05, 0.1) is 5.69 Å². The number of anilines is 3. The molecule has 0 aliphatic carbocycles. The van der Waals surface area contributed by atoms with Crippen LogP contribution in [0.4, 0.5) is 17.3 Å². The second-order valence-electron chi connectivity index (χ2n) is 3.59. The maximum absolute atomic E-state index is 10.8. The molecule has 5 nitrogen and oxygen atoms in total. The molecule has 2 aromatic rings. The molecule has 0 unspecified atom stereocenters. The van der Waals surface area contributed by atoms with Gasteiger partial charge in [0, 0.05) is 11.4 Å². The number of para-hydroxylation sites is 1. The lowest BCUT2D eigenvalue weighted by Gasteiger charge is -2.07. The summed E-state index contributed by atoms with van der Waals surface area (Å²) in [5.41, 5.74) is 0.902. The number of rotatable bonds is 3. The second-order valence-corrected chi connectivity index (χ2v) is 4.44. The van der Waals surface area contributed by atoms with E-state index in [4.69, 9.17) is 0 Å². The zero-order valence-electron chi connectivity index (χ0n) is 9.64. The van der Waals surface area contributed by atoms with Gasteiger partial charge in [-0.3, -0.25) is 4.79 Å². The van der Waals surface area contributed by atoms with Gasteiger partial charge in [-0.1, -0.05) is 12.1 Å². The Kier molecular flexibility index (Phi) is 3.88. The van der Waals surface area contributed by atoms with Crippen LogP contribution in [0.2, 0.25) is 0 Å². The number of halogens is 1. The molecule has 0 aliphatic heterocycles. The molecule has 0 saturated carbocycles. The van der Waals surface area contributed by atoms with Gasteiger partial charge in [-0.25, -0.2) is 0 Å². The van der Waals surface area contributed by atoms with E-state index >= 15 is 0 Å². The standard InChI is InChI=1S/C12H11BrN4O/c1-8(18)14-11-6-7-12(17-16-11)15-10-5-3-2-4-9(10)13/h2-7H,1H3,(H,15,17)(H,14,16,18). The van der Waals surface area contributed by atoms with Crippen LogP contribution in [0.15, 0.2) is 40.9 Å². The Morgan fingerprint density at radius 1 is 1.11 bits per heavy atom. The van der Waals surface area contributed by atoms with E-state index in [2.05, 4.69) is 36.8 Å². The Morgan fingerprint density at radius 3 is 2.39 bits per heavy atom. The van der Waals surface area contributed by atoms with Crippen LogP contribution in [0, 0.1) is 0 Å². The van der Waals surface area contributed by atoms with Crippen molar-refractivity contribution in [2.45, 2.75) is 6.92 Å². The lowest BCUT2D eigenvalue weighted by atomic mass is 10.3. The summed E-state index contributed by atoms with van der Waals surface area (Å²) in [7, 11) is 0. The molecule has 2 rings (SSSR count). The summed E-state index contributed by atoms with van der Waals surface area (Å²) in [6.07, 6.45) is 0. The van der Waals surface area contributed by atoms with Crippen LogP contribution >= 0.6 is 15.9 Å². The van der Waals surface area contributed by atoms with Crippen molar-refractivity contribution >= 4 is 39.2 Å². The molecule has 6 heteroatoms. The van der Waals surface area contributed by atoms with E-state index in [1.165, 1.54) is 6.92 Å². The van der Waals surface area contributed by atoms with Gasteiger partial charge >= 0.3 is 0 Å². The smallest absolute Gasteiger partial charge is 0.222 e. The van der Waals surface area contributed by atoms with Gasteiger partial charge in [-0.2, -0.15) is 0 Å². The molecular weight excluding hydrogens is 296 g/mol. The number of carbonyl (C=O) groups excluding carboxylic acids is 1. The highest BCUT2D eigenvalue weighted by molar-refractivity contribution is 9.10. The minimum atomic E-state index is -0.171. The summed E-state index contributed by atoms with van der Waals surface area (Å²) in [6.45, 7) is 1.43. The third-order valence-corrected chi connectivity index (χ3v) is 2.80. The normalized spacial score (nSPS) is 9.89. The Labute approximate surface area is 113 Å². The maximum Gasteiger partial charge on any atom is 0.222 e. The monoisotopic (exact) mass is 306 g/mol. The first kappa shape index (κ1) is 12.5. The summed E-state index contributed by atoms with van der Waals surface area (Å²) in [4.78, 5) is 10.8. The van der Waals surface area contributed by atoms with Crippen molar-refractivity contribution < 1.29 is 4.79 Å². The molecule has 1 aromatic heterocycles. The number of amides is 1. The zero-order chi connectivity index (χ0) is 13.0. The first-order valence-electron chi connectivity index (χ1n) is 5.28. The Balaban J connectivity index is 2.11. The maximum atomic E-state index is 10.8. The van der Waals surface area contributed by atoms with Crippen molar-refractivity contribution in [3.05, 3.63) is 40.9 Å². The van der Waals surface area contributed by atoms with Gasteiger partial charge in [-0.05, 0) is 40.2 Å². The third kappa shape index (κ3) is 3.27. The molecule has 0 aliphatic rings. The minimum absolute atomic E-state index is 0.171. The van der Waals surface area contributed by atoms with Crippen LogP contribution in [0.3, 0.4) is 0 Å². The fraction of sp³-hybridized carbons (Fsp3) is 0.0833. The zero-order valence-corrected chi connectivity index (χ0v) is 11.2. The van der Waals surface area contributed by atoms with Crippen LogP contribution in [0.5, 0.6) is 0 Å². The highest BCUT2D eigenvalue weighted by atomic mass is 79.9. The van der Waals surface area contributed by atoms with E-state index in [9.17, 15) is 4.79 Å². The van der Waals surface area contributed by atoms with Crippen molar-refractivity contribution in [3.8, 4) is 0 Å². The minimum Gasteiger partial charge on any atom is -0.338 e. The topological polar surface area (TPSA) is 66.9 Å². The first-order valence-corrected chi connectivity index (χ1v) is 6.07. The van der Waals surface area contributed by atoms with Crippen molar-refractivity contribution in [1.82, 2.24) is 10.2 Å². The predicted octanol–water partition coefficient (Wildman–Crippen LogP) is 2.94. The highest BCUT2D eigenvalue weighted by Crippen LogP contribution is 2.24. The molecule has 0 bridgehead atoms. The van der Waals surface area contributed by atoms with Gasteiger partial charge in [0.25, 0.3) is 0 Å². The van der Waals surface area contributed by atoms with Gasteiger partial charge in [0.15, 0.2) is 11.6 Å². The fourth-order valence-electron chi connectivity index (χ4n) is 1.35. The summed E-state index contributed by atoms with van der Waals surface area (Å²) in [6, 6.07) is 11.1. The average Bonchev–Trinajstić information content (AvgIpc) is 2.34. The molecule has 1 amide bonds. The van der Waals surface area contributed by atoms with E-state index in [-0.39, 0.29) is 5.91 Å². The molecule has 18 heavy (non-hydrogen) atoms. The van der Waals surface area contributed by atoms with E-state index in [1.54, 1.807) is 12.1 Å². The first-order chi connectivity index (χ1) is 8.65. The number of aromatic nitrogens is 2. The largest absolute Gasteiger partial charge is 0.338 e. The molecule has 2 N–H and O–H groups in total. The Hall–Kier alpha value is -1.95. The van der Waals surface area contributed by atoms with E-state index in [1.807, 2.05) is 24.3 Å². The molecule has 1 heterocycles. The molecule has 92 valence electrons. The van der Waals surface area contributed by atoms with Gasteiger partial charge < -0.3 is 10.6 Å². The number of carbonyl (C=O) groups is 1. The SMILES string of the molecule is CC(=O)Nc1ccc(Nc2ccccc2Br)nn1. The van der Waals surface area contributed by atoms with Crippen molar-refractivity contribution in [1.29, 1.82) is 0 Å². The predicted molar refractivity (Wildman–Crippen MR) is 73.8 cm³/mol. The quantitative estimate of drug-likeness (QED) is 0.915. The van der Waals surface area contributed by atoms with Gasteiger partial charge in [0.2, 0.25) is 5.91 Å². The van der Waals surface area contributed by atoms with Crippen LogP contribution in [0.1, 0.15) is 6.92 Å². The number of nitrogens with one attached hydrogen (secondary N) is 2. The number of nitrogens with zero attached hydrogens (tertiary/aromatic N) is 2. The Morgan fingerprint density at radius 2 is 1.78 bits per heavy atom. The average molecular weight is 307 g/mol. The lowest BCUT2D eigenvalue weighted by Crippen LogP contribution is -2.08. The Bertz CT molecular complexity index is 556. The number of hydrogen-bond donors (Lipinski definition) is 2. The van der Waals surface area contributed by atoms with Gasteiger partial charge in [-0.15, -0.1) is 10.2 Å². The van der Waals surface area contributed by atoms with Crippen LogP contribution < -0.4 is 10.6 Å². The molecular formula is C12H11BrN4O. The van der Waals surface area contributed by atoms with Gasteiger partial charge in [0.1, 0.15) is 0 Å². The molecule has 0 spiro atoms. The van der Waals surface area contributed by atoms with Crippen LogP contribution in [-0.4, -0.2) is 16.1 Å². The molecule has 1 aromatic carbocycles. The van der Waals surface area contributed by atoms with Crippen LogP contribution in [0.25, 0.3) is 0 Å². The number of hydrogen-bond acceptors (Lipinski definition) is 4. The summed E-state index contributed by atoms with van der Waals surface area (Å²) in [5.74, 6) is 0.868. The van der Waals surface area contributed by atoms with Crippen molar-refractivity contribution in [2.24, 2.45) is 0 Å². The van der Waals surface area contributed by atoms with Crippen LogP contribution in [-0.2, 0) is 4.79 Å². The van der Waals surface area contributed by atoms with Crippen molar-refractivity contribution in [2.75, 3.05) is 10.6 Å². The summed E-state index contributed by atoms with van der Waals surface area (Å²) >= 11 is 3.43. The fourth-order valence-corrected chi connectivity index (χ4v) is 1.73. The van der Waals surface area contributed by atoms with E-state index in [0.29, 0.717) is 11.6 Å². The number of benzene rings is 1. The van der Waals surface area contributed by atoms with E-state index < -0.39 is 0 Å². The van der Waals surface area contributed by atoms with E-state index in [0.717, 1.165) is 10.2 Å². The van der Waals surface area contributed by atoms with Crippen molar-refractivity contribution in [3.63, 3.8) is 0 Å². The second kappa shape index (κ2) is 5.59. The molecule has 0 atom stereocenters.